The number of halogens is 1. The van der Waals surface area contributed by atoms with Crippen molar-refractivity contribution in [1.29, 1.82) is 0 Å². The zero-order valence-electron chi connectivity index (χ0n) is 15.1. The van der Waals surface area contributed by atoms with E-state index in [9.17, 15) is 14.7 Å². The fraction of sp³-hybridized carbons (Fsp3) is 0.300. The number of hydrogen-bond donors (Lipinski definition) is 2. The first kappa shape index (κ1) is 20.7. The molecule has 2 aromatic carbocycles. The first-order valence-corrected chi connectivity index (χ1v) is 8.92. The summed E-state index contributed by atoms with van der Waals surface area (Å²) in [6, 6.07) is 13.9. The van der Waals surface area contributed by atoms with Crippen molar-refractivity contribution in [3.63, 3.8) is 0 Å². The van der Waals surface area contributed by atoms with Gasteiger partial charge < -0.3 is 19.9 Å². The highest BCUT2D eigenvalue weighted by Gasteiger charge is 2.32. The van der Waals surface area contributed by atoms with Crippen LogP contribution in [0.15, 0.2) is 54.6 Å². The number of esters is 1. The minimum absolute atomic E-state index is 0.129. The Hall–Kier alpha value is -2.57. The molecular formula is C20H22ClNO5. The number of amides is 1. The van der Waals surface area contributed by atoms with Crippen LogP contribution in [0.5, 0.6) is 5.75 Å². The van der Waals surface area contributed by atoms with E-state index in [0.29, 0.717) is 16.3 Å². The first-order chi connectivity index (χ1) is 12.9. The lowest BCUT2D eigenvalue weighted by atomic mass is 10.0. The molecule has 7 heteroatoms. The molecule has 3 unspecified atom stereocenters. The Kier molecular flexibility index (Phi) is 7.64. The standard InChI is InChI=1S/C20H22ClNO5/c1-3-26-20(25)17(18(23)14-7-5-4-6-8-14)22-19(24)13(2)27-16-11-9-15(21)10-12-16/h4-13,17-18,23H,3H2,1-2H3,(H,22,24). The Morgan fingerprint density at radius 3 is 2.33 bits per heavy atom. The Labute approximate surface area is 163 Å². The largest absolute Gasteiger partial charge is 0.481 e. The van der Waals surface area contributed by atoms with Crippen molar-refractivity contribution in [2.75, 3.05) is 6.61 Å². The Balaban J connectivity index is 2.09. The molecule has 2 rings (SSSR count). The van der Waals surface area contributed by atoms with Crippen LogP contribution in [0.3, 0.4) is 0 Å². The number of carbonyl (C=O) groups excluding carboxylic acids is 2. The third kappa shape index (κ3) is 5.98. The summed E-state index contributed by atoms with van der Waals surface area (Å²) in [4.78, 5) is 24.7. The van der Waals surface area contributed by atoms with Crippen LogP contribution in [0.25, 0.3) is 0 Å². The van der Waals surface area contributed by atoms with Gasteiger partial charge in [-0.3, -0.25) is 4.79 Å². The molecule has 3 atom stereocenters. The van der Waals surface area contributed by atoms with Crippen molar-refractivity contribution < 1.29 is 24.2 Å². The van der Waals surface area contributed by atoms with E-state index in [1.165, 1.54) is 0 Å². The SMILES string of the molecule is CCOC(=O)C(NC(=O)C(C)Oc1ccc(Cl)cc1)C(O)c1ccccc1. The highest BCUT2D eigenvalue weighted by molar-refractivity contribution is 6.30. The van der Waals surface area contributed by atoms with Gasteiger partial charge in [-0.2, -0.15) is 0 Å². The summed E-state index contributed by atoms with van der Waals surface area (Å²) in [5.41, 5.74) is 0.488. The maximum absolute atomic E-state index is 12.5. The topological polar surface area (TPSA) is 84.9 Å². The Morgan fingerprint density at radius 2 is 1.74 bits per heavy atom. The van der Waals surface area contributed by atoms with Gasteiger partial charge in [-0.25, -0.2) is 4.79 Å². The van der Waals surface area contributed by atoms with Crippen LogP contribution in [0.4, 0.5) is 0 Å². The Bertz CT molecular complexity index is 751. The molecule has 0 saturated carbocycles. The van der Waals surface area contributed by atoms with Crippen LogP contribution >= 0.6 is 11.6 Å². The smallest absolute Gasteiger partial charge is 0.331 e. The summed E-state index contributed by atoms with van der Waals surface area (Å²) in [6.45, 7) is 3.32. The zero-order valence-corrected chi connectivity index (χ0v) is 15.8. The predicted octanol–water partition coefficient (Wildman–Crippen LogP) is 2.89. The summed E-state index contributed by atoms with van der Waals surface area (Å²) in [6.07, 6.45) is -2.15. The molecular weight excluding hydrogens is 370 g/mol. The van der Waals surface area contributed by atoms with Gasteiger partial charge >= 0.3 is 5.97 Å². The van der Waals surface area contributed by atoms with Crippen LogP contribution in [-0.4, -0.2) is 35.7 Å². The third-order valence-electron chi connectivity index (χ3n) is 3.79. The molecule has 0 aliphatic rings. The number of carbonyl (C=O) groups is 2. The highest BCUT2D eigenvalue weighted by Crippen LogP contribution is 2.19. The summed E-state index contributed by atoms with van der Waals surface area (Å²) in [7, 11) is 0. The molecule has 2 N–H and O–H groups in total. The van der Waals surface area contributed by atoms with E-state index >= 15 is 0 Å². The monoisotopic (exact) mass is 391 g/mol. The lowest BCUT2D eigenvalue weighted by Gasteiger charge is -2.24. The van der Waals surface area contributed by atoms with Crippen molar-refractivity contribution in [2.45, 2.75) is 32.1 Å². The minimum Gasteiger partial charge on any atom is -0.481 e. The van der Waals surface area contributed by atoms with Gasteiger partial charge in [-0.05, 0) is 43.7 Å². The summed E-state index contributed by atoms with van der Waals surface area (Å²) < 4.78 is 10.5. The molecule has 27 heavy (non-hydrogen) atoms. The predicted molar refractivity (Wildman–Crippen MR) is 102 cm³/mol. The van der Waals surface area contributed by atoms with Crippen molar-refractivity contribution in [2.24, 2.45) is 0 Å². The number of rotatable bonds is 8. The normalized spacial score (nSPS) is 13.9. The molecule has 0 saturated heterocycles. The van der Waals surface area contributed by atoms with Crippen molar-refractivity contribution in [3.05, 3.63) is 65.2 Å². The zero-order chi connectivity index (χ0) is 19.8. The second-order valence-electron chi connectivity index (χ2n) is 5.81. The number of aliphatic hydroxyl groups is 1. The molecule has 2 aromatic rings. The van der Waals surface area contributed by atoms with Crippen molar-refractivity contribution in [3.8, 4) is 5.75 Å². The van der Waals surface area contributed by atoms with E-state index in [2.05, 4.69) is 5.32 Å². The van der Waals surface area contributed by atoms with Crippen LogP contribution in [0, 0.1) is 0 Å². The molecule has 0 radical (unpaired) electrons. The maximum atomic E-state index is 12.5. The summed E-state index contributed by atoms with van der Waals surface area (Å²) >= 11 is 5.82. The fourth-order valence-electron chi connectivity index (χ4n) is 2.38. The molecule has 0 spiro atoms. The molecule has 0 bridgehead atoms. The number of aliphatic hydroxyl groups excluding tert-OH is 1. The third-order valence-corrected chi connectivity index (χ3v) is 4.04. The minimum atomic E-state index is -1.25. The molecule has 6 nitrogen and oxygen atoms in total. The van der Waals surface area contributed by atoms with E-state index in [-0.39, 0.29) is 6.61 Å². The second kappa shape index (κ2) is 9.94. The van der Waals surface area contributed by atoms with Crippen LogP contribution in [0.1, 0.15) is 25.5 Å². The molecule has 0 aliphatic heterocycles. The lowest BCUT2D eigenvalue weighted by molar-refractivity contribution is -0.151. The van der Waals surface area contributed by atoms with Crippen LogP contribution in [-0.2, 0) is 14.3 Å². The number of benzene rings is 2. The van der Waals surface area contributed by atoms with Gasteiger partial charge in [0.05, 0.1) is 6.61 Å². The Morgan fingerprint density at radius 1 is 1.11 bits per heavy atom. The van der Waals surface area contributed by atoms with Gasteiger partial charge in [-0.1, -0.05) is 41.9 Å². The molecule has 0 fully saturated rings. The second-order valence-corrected chi connectivity index (χ2v) is 6.24. The van der Waals surface area contributed by atoms with Gasteiger partial charge in [0.25, 0.3) is 5.91 Å². The average molecular weight is 392 g/mol. The average Bonchev–Trinajstić information content (AvgIpc) is 2.68. The van der Waals surface area contributed by atoms with E-state index in [4.69, 9.17) is 21.1 Å². The molecule has 0 heterocycles. The highest BCUT2D eigenvalue weighted by atomic mass is 35.5. The van der Waals surface area contributed by atoms with Crippen LogP contribution in [0.2, 0.25) is 5.02 Å². The van der Waals surface area contributed by atoms with Gasteiger partial charge in [0.2, 0.25) is 0 Å². The van der Waals surface area contributed by atoms with Gasteiger partial charge in [0.1, 0.15) is 11.9 Å². The van der Waals surface area contributed by atoms with Crippen LogP contribution < -0.4 is 10.1 Å². The molecule has 0 aliphatic carbocycles. The van der Waals surface area contributed by atoms with Crippen molar-refractivity contribution in [1.82, 2.24) is 5.32 Å². The van der Waals surface area contributed by atoms with E-state index in [1.807, 2.05) is 0 Å². The lowest BCUT2D eigenvalue weighted by Crippen LogP contribution is -2.49. The molecule has 1 amide bonds. The molecule has 0 aromatic heterocycles. The number of ether oxygens (including phenoxy) is 2. The van der Waals surface area contributed by atoms with Gasteiger partial charge in [-0.15, -0.1) is 0 Å². The molecule has 144 valence electrons. The fourth-order valence-corrected chi connectivity index (χ4v) is 2.51. The quantitative estimate of drug-likeness (QED) is 0.676. The van der Waals surface area contributed by atoms with E-state index in [0.717, 1.165) is 0 Å². The van der Waals surface area contributed by atoms with E-state index in [1.54, 1.807) is 68.4 Å². The number of hydrogen-bond acceptors (Lipinski definition) is 5. The summed E-state index contributed by atoms with van der Waals surface area (Å²) in [5, 5.41) is 13.6. The first-order valence-electron chi connectivity index (χ1n) is 8.54. The van der Waals surface area contributed by atoms with Gasteiger partial charge in [0, 0.05) is 5.02 Å². The van der Waals surface area contributed by atoms with Gasteiger partial charge in [0.15, 0.2) is 12.1 Å². The summed E-state index contributed by atoms with van der Waals surface area (Å²) in [5.74, 6) is -0.822. The number of nitrogens with one attached hydrogen (secondary N) is 1. The van der Waals surface area contributed by atoms with Crippen molar-refractivity contribution >= 4 is 23.5 Å². The van der Waals surface area contributed by atoms with E-state index < -0.39 is 30.1 Å². The maximum Gasteiger partial charge on any atom is 0.331 e.